The minimum Gasteiger partial charge on any atom is -0.385 e. The summed E-state index contributed by atoms with van der Waals surface area (Å²) in [5.74, 6) is 2.57. The van der Waals surface area contributed by atoms with Crippen LogP contribution in [0.1, 0.15) is 32.6 Å². The van der Waals surface area contributed by atoms with Gasteiger partial charge in [0.15, 0.2) is 0 Å². The third-order valence-electron chi connectivity index (χ3n) is 2.02. The van der Waals surface area contributed by atoms with Crippen molar-refractivity contribution in [1.82, 2.24) is 5.32 Å². The highest BCUT2D eigenvalue weighted by atomic mass is 32.2. The average molecular weight is 219 g/mol. The molecule has 0 atom stereocenters. The van der Waals surface area contributed by atoms with Crippen molar-refractivity contribution >= 4 is 11.8 Å². The van der Waals surface area contributed by atoms with Crippen LogP contribution < -0.4 is 5.32 Å². The van der Waals surface area contributed by atoms with E-state index in [0.29, 0.717) is 0 Å². The summed E-state index contributed by atoms with van der Waals surface area (Å²) in [4.78, 5) is 0. The van der Waals surface area contributed by atoms with Gasteiger partial charge >= 0.3 is 0 Å². The second-order valence-corrected chi connectivity index (χ2v) is 4.64. The minimum atomic E-state index is 0.872. The van der Waals surface area contributed by atoms with E-state index in [-0.39, 0.29) is 0 Å². The number of hydrogen-bond donors (Lipinski definition) is 1. The van der Waals surface area contributed by atoms with E-state index in [1.807, 2.05) is 0 Å². The topological polar surface area (TPSA) is 21.3 Å². The average Bonchev–Trinajstić information content (AvgIpc) is 2.21. The Bertz CT molecular complexity index is 89.3. The van der Waals surface area contributed by atoms with E-state index in [1.165, 1.54) is 30.8 Å². The third kappa shape index (κ3) is 12.3. The quantitative estimate of drug-likeness (QED) is 0.540. The smallest absolute Gasteiger partial charge is 0.0474 e. The summed E-state index contributed by atoms with van der Waals surface area (Å²) in [5, 5.41) is 3.41. The molecule has 14 heavy (non-hydrogen) atoms. The van der Waals surface area contributed by atoms with Crippen molar-refractivity contribution in [1.29, 1.82) is 0 Å². The fourth-order valence-electron chi connectivity index (χ4n) is 1.17. The normalized spacial score (nSPS) is 10.7. The van der Waals surface area contributed by atoms with Gasteiger partial charge in [0, 0.05) is 26.0 Å². The van der Waals surface area contributed by atoms with E-state index >= 15 is 0 Å². The summed E-state index contributed by atoms with van der Waals surface area (Å²) in [6, 6.07) is 0. The van der Waals surface area contributed by atoms with Crippen LogP contribution in [0.5, 0.6) is 0 Å². The number of methoxy groups -OCH3 is 1. The van der Waals surface area contributed by atoms with Crippen molar-refractivity contribution < 1.29 is 4.74 Å². The van der Waals surface area contributed by atoms with Crippen LogP contribution in [0.3, 0.4) is 0 Å². The summed E-state index contributed by atoms with van der Waals surface area (Å²) in [7, 11) is 1.75. The Morgan fingerprint density at radius 2 is 1.93 bits per heavy atom. The first-order valence-electron chi connectivity index (χ1n) is 5.69. The molecule has 0 amide bonds. The molecule has 1 N–H and O–H groups in total. The molecule has 0 radical (unpaired) electrons. The van der Waals surface area contributed by atoms with Gasteiger partial charge in [-0.2, -0.15) is 11.8 Å². The fraction of sp³-hybridized carbons (Fsp3) is 1.00. The molecule has 0 aliphatic carbocycles. The number of ether oxygens (including phenoxy) is 1. The predicted octanol–water partition coefficient (Wildman–Crippen LogP) is 2.54. The number of unbranched alkanes of at least 4 members (excludes halogenated alkanes) is 2. The lowest BCUT2D eigenvalue weighted by atomic mass is 10.3. The molecule has 86 valence electrons. The highest BCUT2D eigenvalue weighted by molar-refractivity contribution is 7.99. The Morgan fingerprint density at radius 3 is 2.64 bits per heavy atom. The largest absolute Gasteiger partial charge is 0.385 e. The number of hydrogen-bond acceptors (Lipinski definition) is 3. The molecule has 0 aromatic carbocycles. The molecule has 0 saturated carbocycles. The zero-order valence-electron chi connectivity index (χ0n) is 9.68. The SMILES string of the molecule is CCCCCSCCNCCCOC. The zero-order valence-corrected chi connectivity index (χ0v) is 10.5. The zero-order chi connectivity index (χ0) is 10.5. The van der Waals surface area contributed by atoms with Crippen molar-refractivity contribution in [3.05, 3.63) is 0 Å². The molecule has 0 spiro atoms. The molecular formula is C11H25NOS. The molecule has 0 fully saturated rings. The van der Waals surface area contributed by atoms with Crippen molar-refractivity contribution in [3.8, 4) is 0 Å². The molecule has 0 aliphatic rings. The van der Waals surface area contributed by atoms with Crippen molar-refractivity contribution in [2.45, 2.75) is 32.6 Å². The highest BCUT2D eigenvalue weighted by Gasteiger charge is 1.90. The van der Waals surface area contributed by atoms with E-state index in [1.54, 1.807) is 7.11 Å². The lowest BCUT2D eigenvalue weighted by Crippen LogP contribution is -2.19. The van der Waals surface area contributed by atoms with Crippen molar-refractivity contribution in [3.63, 3.8) is 0 Å². The summed E-state index contributed by atoms with van der Waals surface area (Å²) in [6.45, 7) is 5.35. The van der Waals surface area contributed by atoms with Crippen LogP contribution in [0, 0.1) is 0 Å². The number of rotatable bonds is 11. The third-order valence-corrected chi connectivity index (χ3v) is 3.09. The fourth-order valence-corrected chi connectivity index (χ4v) is 2.07. The monoisotopic (exact) mass is 219 g/mol. The van der Waals surface area contributed by atoms with Crippen molar-refractivity contribution in [2.24, 2.45) is 0 Å². The van der Waals surface area contributed by atoms with Crippen LogP contribution in [0.15, 0.2) is 0 Å². The van der Waals surface area contributed by atoms with Gasteiger partial charge in [-0.3, -0.25) is 0 Å². The molecule has 2 nitrogen and oxygen atoms in total. The van der Waals surface area contributed by atoms with Gasteiger partial charge in [0.1, 0.15) is 0 Å². The Morgan fingerprint density at radius 1 is 1.07 bits per heavy atom. The van der Waals surface area contributed by atoms with Gasteiger partial charge in [0.2, 0.25) is 0 Å². The van der Waals surface area contributed by atoms with Crippen LogP contribution in [-0.2, 0) is 4.74 Å². The molecule has 0 bridgehead atoms. The Balaban J connectivity index is 2.78. The van der Waals surface area contributed by atoms with Crippen LogP contribution in [-0.4, -0.2) is 38.3 Å². The lowest BCUT2D eigenvalue weighted by Gasteiger charge is -2.04. The maximum atomic E-state index is 4.97. The lowest BCUT2D eigenvalue weighted by molar-refractivity contribution is 0.194. The van der Waals surface area contributed by atoms with E-state index in [2.05, 4.69) is 24.0 Å². The van der Waals surface area contributed by atoms with Crippen LogP contribution >= 0.6 is 11.8 Å². The molecule has 0 rings (SSSR count). The summed E-state index contributed by atoms with van der Waals surface area (Å²) < 4.78 is 4.97. The summed E-state index contributed by atoms with van der Waals surface area (Å²) in [6.07, 6.45) is 5.21. The Labute approximate surface area is 93.2 Å². The Hall–Kier alpha value is 0.270. The molecule has 0 unspecified atom stereocenters. The van der Waals surface area contributed by atoms with E-state index < -0.39 is 0 Å². The Kier molecular flexibility index (Phi) is 13.5. The van der Waals surface area contributed by atoms with Gasteiger partial charge in [0.05, 0.1) is 0 Å². The molecule has 3 heteroatoms. The molecule has 0 aromatic heterocycles. The van der Waals surface area contributed by atoms with Gasteiger partial charge < -0.3 is 10.1 Å². The second kappa shape index (κ2) is 13.3. The number of thioether (sulfide) groups is 1. The maximum absolute atomic E-state index is 4.97. The minimum absolute atomic E-state index is 0.872. The highest BCUT2D eigenvalue weighted by Crippen LogP contribution is 2.04. The van der Waals surface area contributed by atoms with E-state index in [9.17, 15) is 0 Å². The molecule has 0 heterocycles. The van der Waals surface area contributed by atoms with E-state index in [4.69, 9.17) is 4.74 Å². The van der Waals surface area contributed by atoms with Gasteiger partial charge in [0.25, 0.3) is 0 Å². The van der Waals surface area contributed by atoms with E-state index in [0.717, 1.165) is 26.1 Å². The summed E-state index contributed by atoms with van der Waals surface area (Å²) >= 11 is 2.06. The first-order valence-corrected chi connectivity index (χ1v) is 6.84. The number of nitrogens with one attached hydrogen (secondary N) is 1. The molecule has 0 aromatic rings. The van der Waals surface area contributed by atoms with Crippen molar-refractivity contribution in [2.75, 3.05) is 38.3 Å². The standard InChI is InChI=1S/C11H25NOS/c1-3-4-5-10-14-11-8-12-7-6-9-13-2/h12H,3-11H2,1-2H3. The molecule has 0 saturated heterocycles. The van der Waals surface area contributed by atoms with Gasteiger partial charge in [-0.15, -0.1) is 0 Å². The summed E-state index contributed by atoms with van der Waals surface area (Å²) in [5.41, 5.74) is 0. The molecule has 0 aliphatic heterocycles. The molecular weight excluding hydrogens is 194 g/mol. The van der Waals surface area contributed by atoms with Gasteiger partial charge in [-0.1, -0.05) is 19.8 Å². The first kappa shape index (κ1) is 14.3. The van der Waals surface area contributed by atoms with Crippen LogP contribution in [0.25, 0.3) is 0 Å². The predicted molar refractivity (Wildman–Crippen MR) is 66.2 cm³/mol. The van der Waals surface area contributed by atoms with Gasteiger partial charge in [-0.25, -0.2) is 0 Å². The van der Waals surface area contributed by atoms with Gasteiger partial charge in [-0.05, 0) is 25.1 Å². The first-order chi connectivity index (χ1) is 6.91. The second-order valence-electron chi connectivity index (χ2n) is 3.42. The maximum Gasteiger partial charge on any atom is 0.0474 e. The van der Waals surface area contributed by atoms with Crippen LogP contribution in [0.4, 0.5) is 0 Å². The van der Waals surface area contributed by atoms with Crippen LogP contribution in [0.2, 0.25) is 0 Å².